The minimum absolute atomic E-state index is 0.112. The molecule has 0 bridgehead atoms. The van der Waals surface area contributed by atoms with Crippen LogP contribution < -0.4 is 10.6 Å². The molecular formula is C8H15N3O3. The molecule has 0 aromatic carbocycles. The van der Waals surface area contributed by atoms with E-state index in [-0.39, 0.29) is 18.0 Å². The van der Waals surface area contributed by atoms with E-state index in [9.17, 15) is 9.59 Å². The molecule has 2 amide bonds. The minimum Gasteiger partial charge on any atom is -0.453 e. The Hall–Kier alpha value is -1.30. The van der Waals surface area contributed by atoms with Crippen LogP contribution >= 0.6 is 0 Å². The largest absolute Gasteiger partial charge is 0.453 e. The molecule has 14 heavy (non-hydrogen) atoms. The van der Waals surface area contributed by atoms with Crippen molar-refractivity contribution in [2.75, 3.05) is 33.8 Å². The number of amides is 2. The van der Waals surface area contributed by atoms with E-state index in [1.54, 1.807) is 7.05 Å². The lowest BCUT2D eigenvalue weighted by Gasteiger charge is -2.31. The topological polar surface area (TPSA) is 70.7 Å². The van der Waals surface area contributed by atoms with E-state index in [0.29, 0.717) is 19.6 Å². The summed E-state index contributed by atoms with van der Waals surface area (Å²) < 4.78 is 4.58. The fourth-order valence-electron chi connectivity index (χ4n) is 1.39. The van der Waals surface area contributed by atoms with Crippen molar-refractivity contribution in [3.05, 3.63) is 0 Å². The summed E-state index contributed by atoms with van der Waals surface area (Å²) in [6.45, 7) is 1.53. The van der Waals surface area contributed by atoms with E-state index < -0.39 is 0 Å². The molecule has 1 aliphatic heterocycles. The Morgan fingerprint density at radius 3 is 2.86 bits per heavy atom. The van der Waals surface area contributed by atoms with Gasteiger partial charge in [0, 0.05) is 26.7 Å². The summed E-state index contributed by atoms with van der Waals surface area (Å²) in [7, 11) is 2.90. The summed E-state index contributed by atoms with van der Waals surface area (Å²) in [4.78, 5) is 23.9. The maximum Gasteiger partial charge on any atom is 0.409 e. The third kappa shape index (κ3) is 2.35. The predicted molar refractivity (Wildman–Crippen MR) is 49.8 cm³/mol. The summed E-state index contributed by atoms with van der Waals surface area (Å²) in [5.74, 6) is -0.112. The Bertz CT molecular complexity index is 210. The number of carbonyl (C=O) groups excluding carboxylic acids is 2. The standard InChI is InChI=1S/C8H15N3O3/c1-9-7(12)6-5-11(4-3-10-6)8(13)14-2/h6,10H,3-5H2,1-2H3,(H,9,12). The molecule has 1 fully saturated rings. The van der Waals surface area contributed by atoms with Crippen molar-refractivity contribution in [3.8, 4) is 0 Å². The van der Waals surface area contributed by atoms with E-state index in [2.05, 4.69) is 15.4 Å². The van der Waals surface area contributed by atoms with Gasteiger partial charge in [-0.1, -0.05) is 0 Å². The zero-order valence-electron chi connectivity index (χ0n) is 8.37. The lowest BCUT2D eigenvalue weighted by atomic mass is 10.2. The van der Waals surface area contributed by atoms with Gasteiger partial charge in [0.15, 0.2) is 0 Å². The summed E-state index contributed by atoms with van der Waals surface area (Å²) in [6, 6.07) is -0.340. The third-order valence-electron chi connectivity index (χ3n) is 2.17. The molecule has 6 nitrogen and oxygen atoms in total. The smallest absolute Gasteiger partial charge is 0.409 e. The van der Waals surface area contributed by atoms with Crippen LogP contribution in [0.4, 0.5) is 4.79 Å². The number of nitrogens with one attached hydrogen (secondary N) is 2. The van der Waals surface area contributed by atoms with Crippen LogP contribution in [-0.2, 0) is 9.53 Å². The molecule has 0 aromatic heterocycles. The van der Waals surface area contributed by atoms with Gasteiger partial charge in [-0.25, -0.2) is 4.79 Å². The first-order valence-electron chi connectivity index (χ1n) is 4.47. The molecule has 1 unspecified atom stereocenters. The molecule has 0 radical (unpaired) electrons. The summed E-state index contributed by atoms with van der Waals surface area (Å²) in [5, 5.41) is 5.55. The van der Waals surface area contributed by atoms with Crippen LogP contribution in [0.3, 0.4) is 0 Å². The second-order valence-electron chi connectivity index (χ2n) is 3.04. The van der Waals surface area contributed by atoms with Crippen molar-refractivity contribution >= 4 is 12.0 Å². The molecule has 1 heterocycles. The number of likely N-dealkylation sites (N-methyl/N-ethyl adjacent to an activating group) is 1. The van der Waals surface area contributed by atoms with Gasteiger partial charge in [-0.2, -0.15) is 0 Å². The molecule has 1 saturated heterocycles. The number of rotatable bonds is 1. The Balaban J connectivity index is 2.51. The van der Waals surface area contributed by atoms with E-state index in [1.165, 1.54) is 12.0 Å². The lowest BCUT2D eigenvalue weighted by molar-refractivity contribution is -0.123. The maximum absolute atomic E-state index is 11.3. The molecule has 0 saturated carbocycles. The van der Waals surface area contributed by atoms with Crippen molar-refractivity contribution in [1.29, 1.82) is 0 Å². The zero-order valence-corrected chi connectivity index (χ0v) is 8.37. The van der Waals surface area contributed by atoms with Crippen LogP contribution in [-0.4, -0.2) is 56.7 Å². The minimum atomic E-state index is -0.389. The highest BCUT2D eigenvalue weighted by Crippen LogP contribution is 2.01. The molecule has 6 heteroatoms. The van der Waals surface area contributed by atoms with E-state index >= 15 is 0 Å². The quantitative estimate of drug-likeness (QED) is 0.557. The van der Waals surface area contributed by atoms with Gasteiger partial charge in [-0.3, -0.25) is 4.79 Å². The molecule has 0 spiro atoms. The fourth-order valence-corrected chi connectivity index (χ4v) is 1.39. The maximum atomic E-state index is 11.3. The second-order valence-corrected chi connectivity index (χ2v) is 3.04. The molecule has 1 rings (SSSR count). The lowest BCUT2D eigenvalue weighted by Crippen LogP contribution is -2.57. The highest BCUT2D eigenvalue weighted by Gasteiger charge is 2.27. The number of hydrogen-bond donors (Lipinski definition) is 2. The molecule has 1 aliphatic rings. The molecule has 80 valence electrons. The number of ether oxygens (including phenoxy) is 1. The highest BCUT2D eigenvalue weighted by atomic mass is 16.5. The van der Waals surface area contributed by atoms with Crippen LogP contribution in [0.15, 0.2) is 0 Å². The van der Waals surface area contributed by atoms with E-state index in [4.69, 9.17) is 0 Å². The Morgan fingerprint density at radius 2 is 2.29 bits per heavy atom. The SMILES string of the molecule is CNC(=O)C1CN(C(=O)OC)CCN1. The Morgan fingerprint density at radius 1 is 1.57 bits per heavy atom. The summed E-state index contributed by atoms with van der Waals surface area (Å²) in [6.07, 6.45) is -0.389. The van der Waals surface area contributed by atoms with Gasteiger partial charge in [0.1, 0.15) is 6.04 Å². The van der Waals surface area contributed by atoms with Crippen molar-refractivity contribution < 1.29 is 14.3 Å². The van der Waals surface area contributed by atoms with Crippen LogP contribution in [0.25, 0.3) is 0 Å². The number of methoxy groups -OCH3 is 1. The van der Waals surface area contributed by atoms with Gasteiger partial charge in [0.25, 0.3) is 0 Å². The summed E-state index contributed by atoms with van der Waals surface area (Å²) >= 11 is 0. The zero-order chi connectivity index (χ0) is 10.6. The van der Waals surface area contributed by atoms with Crippen molar-refractivity contribution in [1.82, 2.24) is 15.5 Å². The van der Waals surface area contributed by atoms with Crippen LogP contribution in [0.1, 0.15) is 0 Å². The molecule has 1 atom stereocenters. The number of hydrogen-bond acceptors (Lipinski definition) is 4. The highest BCUT2D eigenvalue weighted by molar-refractivity contribution is 5.82. The van der Waals surface area contributed by atoms with Crippen LogP contribution in [0.2, 0.25) is 0 Å². The van der Waals surface area contributed by atoms with Gasteiger partial charge in [-0.15, -0.1) is 0 Å². The number of piperazine rings is 1. The fraction of sp³-hybridized carbons (Fsp3) is 0.750. The van der Waals surface area contributed by atoms with Crippen molar-refractivity contribution in [2.24, 2.45) is 0 Å². The van der Waals surface area contributed by atoms with Gasteiger partial charge in [-0.05, 0) is 0 Å². The van der Waals surface area contributed by atoms with Crippen LogP contribution in [0, 0.1) is 0 Å². The van der Waals surface area contributed by atoms with E-state index in [1.807, 2.05) is 0 Å². The molecular weight excluding hydrogens is 186 g/mol. The predicted octanol–water partition coefficient (Wildman–Crippen LogP) is -1.23. The third-order valence-corrected chi connectivity index (χ3v) is 2.17. The number of nitrogens with zero attached hydrogens (tertiary/aromatic N) is 1. The van der Waals surface area contributed by atoms with Gasteiger partial charge >= 0.3 is 6.09 Å². The molecule has 2 N–H and O–H groups in total. The Kier molecular flexibility index (Phi) is 3.70. The summed E-state index contributed by atoms with van der Waals surface area (Å²) in [5.41, 5.74) is 0. The first kappa shape index (κ1) is 10.8. The molecule has 0 aliphatic carbocycles. The average Bonchev–Trinajstić information content (AvgIpc) is 2.27. The monoisotopic (exact) mass is 201 g/mol. The Labute approximate surface area is 82.6 Å². The molecule has 0 aromatic rings. The number of carbonyl (C=O) groups is 2. The van der Waals surface area contributed by atoms with Gasteiger partial charge in [0.2, 0.25) is 5.91 Å². The van der Waals surface area contributed by atoms with Crippen LogP contribution in [0.5, 0.6) is 0 Å². The second kappa shape index (κ2) is 4.80. The first-order chi connectivity index (χ1) is 6.69. The van der Waals surface area contributed by atoms with E-state index in [0.717, 1.165) is 0 Å². The normalized spacial score (nSPS) is 21.6. The van der Waals surface area contributed by atoms with Crippen molar-refractivity contribution in [3.63, 3.8) is 0 Å². The van der Waals surface area contributed by atoms with Gasteiger partial charge in [0.05, 0.1) is 7.11 Å². The van der Waals surface area contributed by atoms with Gasteiger partial charge < -0.3 is 20.3 Å². The first-order valence-corrected chi connectivity index (χ1v) is 4.47. The average molecular weight is 201 g/mol. The van der Waals surface area contributed by atoms with Crippen molar-refractivity contribution in [2.45, 2.75) is 6.04 Å².